The average molecular weight is 366 g/mol. The third-order valence-electron chi connectivity index (χ3n) is 3.37. The van der Waals surface area contributed by atoms with Crippen LogP contribution in [0.25, 0.3) is 0 Å². The van der Waals surface area contributed by atoms with Gasteiger partial charge in [-0.15, -0.1) is 0 Å². The van der Waals surface area contributed by atoms with E-state index in [2.05, 4.69) is 15.9 Å². The maximum Gasteiger partial charge on any atom is 0.263 e. The number of hydrogen-bond acceptors (Lipinski definition) is 3. The van der Waals surface area contributed by atoms with Crippen molar-refractivity contribution in [1.82, 2.24) is 4.90 Å². The second-order valence-electron chi connectivity index (χ2n) is 4.70. The predicted octanol–water partition coefficient (Wildman–Crippen LogP) is 3.48. The van der Waals surface area contributed by atoms with E-state index in [1.165, 1.54) is 0 Å². The van der Waals surface area contributed by atoms with Crippen LogP contribution in [0.15, 0.2) is 40.9 Å². The number of halogens is 2. The lowest BCUT2D eigenvalue weighted by molar-refractivity contribution is 0.0643. The van der Waals surface area contributed by atoms with Gasteiger partial charge in [0.1, 0.15) is 0 Å². The van der Waals surface area contributed by atoms with E-state index >= 15 is 0 Å². The zero-order chi connectivity index (χ0) is 15.1. The number of nitrogen functional groups attached to an aromatic ring is 1. The zero-order valence-corrected chi connectivity index (χ0v) is 13.1. The summed E-state index contributed by atoms with van der Waals surface area (Å²) in [6, 6.07) is 10.2. The molecule has 0 aliphatic carbocycles. The predicted molar refractivity (Wildman–Crippen MR) is 84.2 cm³/mol. The molecule has 2 aromatic carbocycles. The van der Waals surface area contributed by atoms with E-state index in [4.69, 9.17) is 17.3 Å². The Bertz CT molecular complexity index is 776. The molecule has 0 saturated heterocycles. The highest BCUT2D eigenvalue weighted by Gasteiger charge is 2.37. The molecule has 6 heteroatoms. The van der Waals surface area contributed by atoms with Crippen LogP contribution in [0, 0.1) is 0 Å². The number of anilines is 1. The summed E-state index contributed by atoms with van der Waals surface area (Å²) in [5, 5.41) is 0.494. The van der Waals surface area contributed by atoms with Gasteiger partial charge in [0, 0.05) is 15.2 Å². The fourth-order valence-corrected chi connectivity index (χ4v) is 3.06. The Labute approximate surface area is 134 Å². The number of rotatable bonds is 2. The number of nitrogens with zero attached hydrogens (tertiary/aromatic N) is 1. The number of nitrogens with two attached hydrogens (primary N) is 1. The molecular formula is C15H10BrClN2O2. The summed E-state index contributed by atoms with van der Waals surface area (Å²) in [6.45, 7) is 0.123. The maximum atomic E-state index is 12.4. The quantitative estimate of drug-likeness (QED) is 0.654. The third-order valence-corrected chi connectivity index (χ3v) is 4.22. The van der Waals surface area contributed by atoms with E-state index in [0.717, 1.165) is 9.37 Å². The third kappa shape index (κ3) is 2.32. The summed E-state index contributed by atoms with van der Waals surface area (Å²) < 4.78 is 0.836. The van der Waals surface area contributed by atoms with Gasteiger partial charge in [0.25, 0.3) is 11.8 Å². The van der Waals surface area contributed by atoms with E-state index in [1.807, 2.05) is 6.07 Å². The lowest BCUT2D eigenvalue weighted by atomic mass is 10.1. The molecule has 2 N–H and O–H groups in total. The van der Waals surface area contributed by atoms with Crippen molar-refractivity contribution in [2.45, 2.75) is 6.54 Å². The van der Waals surface area contributed by atoms with Gasteiger partial charge in [-0.2, -0.15) is 0 Å². The second kappa shape index (κ2) is 5.16. The fraction of sp³-hybridized carbons (Fsp3) is 0.0667. The largest absolute Gasteiger partial charge is 0.398 e. The molecule has 3 rings (SSSR count). The number of hydrogen-bond donors (Lipinski definition) is 1. The van der Waals surface area contributed by atoms with E-state index in [0.29, 0.717) is 21.8 Å². The molecule has 1 aliphatic rings. The molecule has 0 bridgehead atoms. The Morgan fingerprint density at radius 3 is 2.57 bits per heavy atom. The fourth-order valence-electron chi connectivity index (χ4n) is 2.32. The first-order valence-corrected chi connectivity index (χ1v) is 7.34. The van der Waals surface area contributed by atoms with Gasteiger partial charge < -0.3 is 5.73 Å². The smallest absolute Gasteiger partial charge is 0.263 e. The molecule has 4 nitrogen and oxygen atoms in total. The van der Waals surface area contributed by atoms with Gasteiger partial charge in [-0.1, -0.05) is 39.7 Å². The minimum absolute atomic E-state index is 0.123. The lowest BCUT2D eigenvalue weighted by Gasteiger charge is -2.15. The highest BCUT2D eigenvalue weighted by molar-refractivity contribution is 9.10. The van der Waals surface area contributed by atoms with Crippen LogP contribution in [0.3, 0.4) is 0 Å². The lowest BCUT2D eigenvalue weighted by Crippen LogP contribution is -2.29. The van der Waals surface area contributed by atoms with Crippen molar-refractivity contribution in [3.63, 3.8) is 0 Å². The number of imide groups is 1. The molecular weight excluding hydrogens is 356 g/mol. The van der Waals surface area contributed by atoms with Crippen LogP contribution in [0.5, 0.6) is 0 Å². The summed E-state index contributed by atoms with van der Waals surface area (Å²) >= 11 is 9.46. The van der Waals surface area contributed by atoms with Gasteiger partial charge in [0.15, 0.2) is 0 Å². The normalized spacial score (nSPS) is 13.7. The minimum atomic E-state index is -0.382. The van der Waals surface area contributed by atoms with Crippen molar-refractivity contribution in [3.05, 3.63) is 62.6 Å². The minimum Gasteiger partial charge on any atom is -0.398 e. The summed E-state index contributed by atoms with van der Waals surface area (Å²) in [5.41, 5.74) is 7.43. The van der Waals surface area contributed by atoms with Crippen molar-refractivity contribution in [3.8, 4) is 0 Å². The summed E-state index contributed by atoms with van der Waals surface area (Å²) in [6.07, 6.45) is 0. The Kier molecular flexibility index (Phi) is 3.47. The van der Waals surface area contributed by atoms with Crippen LogP contribution in [0.4, 0.5) is 5.69 Å². The van der Waals surface area contributed by atoms with E-state index < -0.39 is 0 Å². The molecule has 0 spiro atoms. The van der Waals surface area contributed by atoms with Crippen LogP contribution in [0.2, 0.25) is 5.02 Å². The molecule has 0 saturated carbocycles. The number of carbonyl (C=O) groups is 2. The number of fused-ring (bicyclic) bond motifs is 1. The van der Waals surface area contributed by atoms with Crippen LogP contribution in [-0.2, 0) is 6.54 Å². The number of carbonyl (C=O) groups excluding carboxylic acids is 2. The van der Waals surface area contributed by atoms with Crippen molar-refractivity contribution in [2.24, 2.45) is 0 Å². The van der Waals surface area contributed by atoms with Gasteiger partial charge >= 0.3 is 0 Å². The standard InChI is InChI=1S/C15H10BrClN2O2/c16-9-5-4-8(11(17)6-9)7-19-14(20)10-2-1-3-12(18)13(10)15(19)21/h1-6H,7,18H2. The molecule has 0 fully saturated rings. The first-order valence-electron chi connectivity index (χ1n) is 6.17. The van der Waals surface area contributed by atoms with Crippen molar-refractivity contribution in [1.29, 1.82) is 0 Å². The zero-order valence-electron chi connectivity index (χ0n) is 10.8. The molecule has 106 valence electrons. The summed E-state index contributed by atoms with van der Waals surface area (Å²) in [4.78, 5) is 25.9. The van der Waals surface area contributed by atoms with Crippen LogP contribution in [-0.4, -0.2) is 16.7 Å². The SMILES string of the molecule is Nc1cccc2c1C(=O)N(Cc1ccc(Br)cc1Cl)C2=O. The highest BCUT2D eigenvalue weighted by atomic mass is 79.9. The molecule has 0 aromatic heterocycles. The Balaban J connectivity index is 1.97. The second-order valence-corrected chi connectivity index (χ2v) is 6.02. The van der Waals surface area contributed by atoms with Gasteiger partial charge in [-0.25, -0.2) is 0 Å². The topological polar surface area (TPSA) is 63.4 Å². The first kappa shape index (κ1) is 14.1. The van der Waals surface area contributed by atoms with Crippen molar-refractivity contribution < 1.29 is 9.59 Å². The Hall–Kier alpha value is -1.85. The molecule has 1 heterocycles. The van der Waals surface area contributed by atoms with Crippen molar-refractivity contribution >= 4 is 45.0 Å². The molecule has 0 atom stereocenters. The van der Waals surface area contributed by atoms with E-state index in [1.54, 1.807) is 30.3 Å². The van der Waals surface area contributed by atoms with E-state index in [-0.39, 0.29) is 23.9 Å². The molecule has 1 aliphatic heterocycles. The van der Waals surface area contributed by atoms with Gasteiger partial charge in [-0.05, 0) is 29.8 Å². The first-order chi connectivity index (χ1) is 9.99. The van der Waals surface area contributed by atoms with E-state index in [9.17, 15) is 9.59 Å². The van der Waals surface area contributed by atoms with Gasteiger partial charge in [0.2, 0.25) is 0 Å². The van der Waals surface area contributed by atoms with Crippen LogP contribution >= 0.6 is 27.5 Å². The monoisotopic (exact) mass is 364 g/mol. The van der Waals surface area contributed by atoms with Crippen molar-refractivity contribution in [2.75, 3.05) is 5.73 Å². The Morgan fingerprint density at radius 2 is 1.90 bits per heavy atom. The molecule has 21 heavy (non-hydrogen) atoms. The number of amides is 2. The molecule has 2 aromatic rings. The number of benzene rings is 2. The van der Waals surface area contributed by atoms with Gasteiger partial charge in [-0.3, -0.25) is 14.5 Å². The maximum absolute atomic E-state index is 12.4. The van der Waals surface area contributed by atoms with Crippen LogP contribution < -0.4 is 5.73 Å². The van der Waals surface area contributed by atoms with Gasteiger partial charge in [0.05, 0.1) is 17.7 Å². The Morgan fingerprint density at radius 1 is 1.14 bits per heavy atom. The highest BCUT2D eigenvalue weighted by Crippen LogP contribution is 2.30. The summed E-state index contributed by atoms with van der Waals surface area (Å²) in [5.74, 6) is -0.728. The molecule has 0 unspecified atom stereocenters. The summed E-state index contributed by atoms with van der Waals surface area (Å²) in [7, 11) is 0. The average Bonchev–Trinajstić information content (AvgIpc) is 2.68. The van der Waals surface area contributed by atoms with Crippen LogP contribution in [0.1, 0.15) is 26.3 Å². The molecule has 2 amide bonds. The molecule has 0 radical (unpaired) electrons.